The van der Waals surface area contributed by atoms with Crippen molar-refractivity contribution in [1.29, 1.82) is 0 Å². The maximum atomic E-state index is 14.2. The lowest BCUT2D eigenvalue weighted by molar-refractivity contribution is 0.0698. The first-order valence-corrected chi connectivity index (χ1v) is 7.60. The van der Waals surface area contributed by atoms with Gasteiger partial charge < -0.3 is 15.7 Å². The molecule has 6 heteroatoms. The van der Waals surface area contributed by atoms with Crippen molar-refractivity contribution in [3.05, 3.63) is 45.9 Å². The topological polar surface area (TPSA) is 66.6 Å². The lowest BCUT2D eigenvalue weighted by atomic mass is 10.1. The average molecular weight is 306 g/mol. The average Bonchev–Trinajstić information content (AvgIpc) is 3.14. The maximum absolute atomic E-state index is 14.2. The summed E-state index contributed by atoms with van der Waals surface area (Å²) in [5.41, 5.74) is 6.89. The van der Waals surface area contributed by atoms with E-state index in [0.717, 1.165) is 24.5 Å². The normalized spacial score (nSPS) is 14.1. The van der Waals surface area contributed by atoms with Crippen molar-refractivity contribution in [2.45, 2.75) is 25.4 Å². The van der Waals surface area contributed by atoms with E-state index in [2.05, 4.69) is 0 Å². The van der Waals surface area contributed by atoms with Gasteiger partial charge in [-0.2, -0.15) is 11.3 Å². The van der Waals surface area contributed by atoms with Crippen molar-refractivity contribution in [2.24, 2.45) is 0 Å². The number of carboxylic acid groups (broad SMARTS) is 1. The van der Waals surface area contributed by atoms with E-state index in [1.807, 2.05) is 21.7 Å². The summed E-state index contributed by atoms with van der Waals surface area (Å²) in [6, 6.07) is 4.71. The molecule has 0 aliphatic heterocycles. The molecule has 21 heavy (non-hydrogen) atoms. The number of halogens is 1. The monoisotopic (exact) mass is 306 g/mol. The van der Waals surface area contributed by atoms with Gasteiger partial charge in [0.2, 0.25) is 0 Å². The number of anilines is 2. The minimum Gasteiger partial charge on any atom is -0.478 e. The summed E-state index contributed by atoms with van der Waals surface area (Å²) >= 11 is 1.59. The predicted octanol–water partition coefficient (Wildman–Crippen LogP) is 3.34. The number of aromatic carboxylic acids is 1. The van der Waals surface area contributed by atoms with Crippen LogP contribution in [0.3, 0.4) is 0 Å². The molecule has 1 aromatic carbocycles. The Bertz CT molecular complexity index is 669. The van der Waals surface area contributed by atoms with Crippen LogP contribution in [0.2, 0.25) is 0 Å². The van der Waals surface area contributed by atoms with Crippen LogP contribution < -0.4 is 10.6 Å². The molecule has 0 atom stereocenters. The standard InChI is InChI=1S/C15H15FN2O2S/c16-12-6-13(17)11(15(19)20)5-14(12)18(10-1-2-10)7-9-3-4-21-8-9/h3-6,8,10H,1-2,7,17H2,(H,19,20). The molecule has 0 bridgehead atoms. The lowest BCUT2D eigenvalue weighted by Crippen LogP contribution is -2.26. The minimum atomic E-state index is -1.14. The number of hydrogen-bond acceptors (Lipinski definition) is 4. The highest BCUT2D eigenvalue weighted by atomic mass is 32.1. The Kier molecular flexibility index (Phi) is 3.55. The van der Waals surface area contributed by atoms with Crippen LogP contribution in [0, 0.1) is 5.82 Å². The van der Waals surface area contributed by atoms with Crippen LogP contribution in [0.1, 0.15) is 28.8 Å². The molecule has 3 rings (SSSR count). The van der Waals surface area contributed by atoms with Crippen LogP contribution in [0.4, 0.5) is 15.8 Å². The molecule has 0 amide bonds. The van der Waals surface area contributed by atoms with E-state index >= 15 is 0 Å². The number of carbonyl (C=O) groups is 1. The summed E-state index contributed by atoms with van der Waals surface area (Å²) in [7, 11) is 0. The van der Waals surface area contributed by atoms with Crippen LogP contribution in [-0.4, -0.2) is 17.1 Å². The molecule has 1 saturated carbocycles. The fraction of sp³-hybridized carbons (Fsp3) is 0.267. The van der Waals surface area contributed by atoms with Crippen molar-refractivity contribution in [1.82, 2.24) is 0 Å². The molecule has 1 aliphatic rings. The number of benzene rings is 1. The molecule has 0 radical (unpaired) electrons. The molecule has 2 aromatic rings. The van der Waals surface area contributed by atoms with E-state index in [1.165, 1.54) is 6.07 Å². The smallest absolute Gasteiger partial charge is 0.337 e. The van der Waals surface area contributed by atoms with Crippen LogP contribution in [0.5, 0.6) is 0 Å². The molecule has 1 fully saturated rings. The largest absolute Gasteiger partial charge is 0.478 e. The van der Waals surface area contributed by atoms with Gasteiger partial charge in [0.1, 0.15) is 5.82 Å². The second-order valence-electron chi connectivity index (χ2n) is 5.19. The summed E-state index contributed by atoms with van der Waals surface area (Å²) < 4.78 is 14.2. The molecule has 1 heterocycles. The third-order valence-electron chi connectivity index (χ3n) is 3.58. The van der Waals surface area contributed by atoms with Crippen molar-refractivity contribution in [3.8, 4) is 0 Å². The van der Waals surface area contributed by atoms with Crippen molar-refractivity contribution >= 4 is 28.7 Å². The van der Waals surface area contributed by atoms with Crippen molar-refractivity contribution in [2.75, 3.05) is 10.6 Å². The van der Waals surface area contributed by atoms with Crippen LogP contribution >= 0.6 is 11.3 Å². The first kappa shape index (κ1) is 13.9. The Balaban J connectivity index is 1.99. The minimum absolute atomic E-state index is 0.0463. The Morgan fingerprint density at radius 2 is 2.24 bits per heavy atom. The van der Waals surface area contributed by atoms with E-state index < -0.39 is 11.8 Å². The predicted molar refractivity (Wildman–Crippen MR) is 81.3 cm³/mol. The number of hydrogen-bond donors (Lipinski definition) is 2. The summed E-state index contributed by atoms with van der Waals surface area (Å²) in [6.07, 6.45) is 1.99. The zero-order valence-corrected chi connectivity index (χ0v) is 12.1. The second-order valence-corrected chi connectivity index (χ2v) is 5.97. The third kappa shape index (κ3) is 2.85. The zero-order chi connectivity index (χ0) is 15.0. The fourth-order valence-electron chi connectivity index (χ4n) is 2.36. The highest BCUT2D eigenvalue weighted by Gasteiger charge is 2.31. The Labute approximate surface area is 125 Å². The van der Waals surface area contributed by atoms with E-state index in [1.54, 1.807) is 11.3 Å². The molecule has 4 nitrogen and oxygen atoms in total. The molecule has 1 aliphatic carbocycles. The van der Waals surface area contributed by atoms with Gasteiger partial charge in [-0.1, -0.05) is 0 Å². The molecular weight excluding hydrogens is 291 g/mol. The molecule has 0 unspecified atom stereocenters. The zero-order valence-electron chi connectivity index (χ0n) is 11.3. The molecule has 3 N–H and O–H groups in total. The Morgan fingerprint density at radius 1 is 1.48 bits per heavy atom. The summed E-state index contributed by atoms with van der Waals surface area (Å²) in [4.78, 5) is 13.1. The van der Waals surface area contributed by atoms with Gasteiger partial charge in [0.05, 0.1) is 11.3 Å². The van der Waals surface area contributed by atoms with Gasteiger partial charge in [-0.25, -0.2) is 9.18 Å². The van der Waals surface area contributed by atoms with Crippen LogP contribution in [0.25, 0.3) is 0 Å². The summed E-state index contributed by atoms with van der Waals surface area (Å²) in [5.74, 6) is -1.61. The van der Waals surface area contributed by atoms with Gasteiger partial charge in [0.25, 0.3) is 0 Å². The van der Waals surface area contributed by atoms with E-state index in [9.17, 15) is 9.18 Å². The molecule has 0 saturated heterocycles. The Morgan fingerprint density at radius 3 is 2.81 bits per heavy atom. The van der Waals surface area contributed by atoms with Gasteiger partial charge in [0, 0.05) is 18.3 Å². The second kappa shape index (κ2) is 5.37. The third-order valence-corrected chi connectivity index (χ3v) is 4.31. The van der Waals surface area contributed by atoms with Gasteiger partial charge in [0.15, 0.2) is 0 Å². The Hall–Kier alpha value is -2.08. The number of thiophene rings is 1. The van der Waals surface area contributed by atoms with E-state index in [0.29, 0.717) is 12.2 Å². The SMILES string of the molecule is Nc1cc(F)c(N(Cc2ccsc2)C2CC2)cc1C(=O)O. The summed E-state index contributed by atoms with van der Waals surface area (Å²) in [5, 5.41) is 13.1. The molecule has 1 aromatic heterocycles. The van der Waals surface area contributed by atoms with Crippen LogP contribution in [-0.2, 0) is 6.54 Å². The number of carboxylic acids is 1. The highest BCUT2D eigenvalue weighted by molar-refractivity contribution is 7.07. The van der Waals surface area contributed by atoms with Gasteiger partial charge in [-0.05, 0) is 47.4 Å². The van der Waals surface area contributed by atoms with Gasteiger partial charge >= 0.3 is 5.97 Å². The van der Waals surface area contributed by atoms with Gasteiger partial charge in [-0.15, -0.1) is 0 Å². The number of nitrogen functional groups attached to an aromatic ring is 1. The number of rotatable bonds is 5. The van der Waals surface area contributed by atoms with Crippen LogP contribution in [0.15, 0.2) is 29.0 Å². The van der Waals surface area contributed by atoms with E-state index in [-0.39, 0.29) is 17.3 Å². The van der Waals surface area contributed by atoms with E-state index in [4.69, 9.17) is 10.8 Å². The molecule has 110 valence electrons. The molecule has 0 spiro atoms. The fourth-order valence-corrected chi connectivity index (χ4v) is 3.02. The number of nitrogens with zero attached hydrogens (tertiary/aromatic N) is 1. The highest BCUT2D eigenvalue weighted by Crippen LogP contribution is 2.36. The maximum Gasteiger partial charge on any atom is 0.337 e. The lowest BCUT2D eigenvalue weighted by Gasteiger charge is -2.25. The van der Waals surface area contributed by atoms with Crippen molar-refractivity contribution in [3.63, 3.8) is 0 Å². The first-order chi connectivity index (χ1) is 10.1. The molecular formula is C15H15FN2O2S. The number of nitrogens with two attached hydrogens (primary N) is 1. The van der Waals surface area contributed by atoms with Gasteiger partial charge in [-0.3, -0.25) is 0 Å². The van der Waals surface area contributed by atoms with Crippen molar-refractivity contribution < 1.29 is 14.3 Å². The first-order valence-electron chi connectivity index (χ1n) is 6.66. The quantitative estimate of drug-likeness (QED) is 0.832. The summed E-state index contributed by atoms with van der Waals surface area (Å²) in [6.45, 7) is 0.577.